The van der Waals surface area contributed by atoms with E-state index in [2.05, 4.69) is 24.0 Å². The number of nitrogens with zero attached hydrogens (tertiary/aromatic N) is 3. The zero-order valence-electron chi connectivity index (χ0n) is 17.9. The normalized spacial score (nSPS) is 15.3. The Balaban J connectivity index is 1.47. The molecule has 0 radical (unpaired) electrons. The number of ketones is 1. The van der Waals surface area contributed by atoms with Crippen molar-refractivity contribution in [2.24, 2.45) is 7.05 Å². The van der Waals surface area contributed by atoms with Crippen LogP contribution in [0.15, 0.2) is 35.5 Å². The molecule has 2 aromatic carbocycles. The number of benzene rings is 2. The number of aromatic nitrogens is 3. The second kappa shape index (κ2) is 8.14. The first kappa shape index (κ1) is 20.5. The summed E-state index contributed by atoms with van der Waals surface area (Å²) in [7, 11) is 1.89. The molecule has 0 saturated carbocycles. The highest BCUT2D eigenvalue weighted by Gasteiger charge is 2.27. The van der Waals surface area contributed by atoms with Crippen LogP contribution < -0.4 is 9.47 Å². The highest BCUT2D eigenvalue weighted by Crippen LogP contribution is 2.36. The van der Waals surface area contributed by atoms with Gasteiger partial charge in [-0.15, -0.1) is 10.2 Å². The number of hydrogen-bond acceptors (Lipinski definition) is 6. The summed E-state index contributed by atoms with van der Waals surface area (Å²) in [6.07, 6.45) is -0.341. The summed E-state index contributed by atoms with van der Waals surface area (Å²) in [5.41, 5.74) is 5.40. The molecule has 0 saturated heterocycles. The molecule has 7 heteroatoms. The minimum Gasteiger partial charge on any atom is -0.485 e. The van der Waals surface area contributed by atoms with Crippen LogP contribution in [0.25, 0.3) is 0 Å². The molecule has 1 aliphatic rings. The molecular weight excluding hydrogens is 398 g/mol. The predicted octanol–water partition coefficient (Wildman–Crippen LogP) is 4.54. The first-order valence-electron chi connectivity index (χ1n) is 9.88. The molecule has 0 N–H and O–H groups in total. The average molecular weight is 424 g/mol. The molecule has 3 aromatic rings. The topological polar surface area (TPSA) is 66.2 Å². The van der Waals surface area contributed by atoms with Gasteiger partial charge in [0.1, 0.15) is 6.61 Å². The van der Waals surface area contributed by atoms with Gasteiger partial charge in [-0.05, 0) is 68.1 Å². The largest absolute Gasteiger partial charge is 0.485 e. The summed E-state index contributed by atoms with van der Waals surface area (Å²) in [6.45, 7) is 8.59. The molecule has 0 fully saturated rings. The summed E-state index contributed by atoms with van der Waals surface area (Å²) in [4.78, 5) is 12.9. The van der Waals surface area contributed by atoms with Crippen LogP contribution in [0.2, 0.25) is 0 Å². The van der Waals surface area contributed by atoms with Crippen LogP contribution in [0.5, 0.6) is 11.5 Å². The molecule has 0 aliphatic carbocycles. The number of ether oxygens (including phenoxy) is 2. The lowest BCUT2D eigenvalue weighted by molar-refractivity contribution is 0.0825. The lowest BCUT2D eigenvalue weighted by atomic mass is 9.93. The van der Waals surface area contributed by atoms with Crippen molar-refractivity contribution in [3.8, 4) is 11.5 Å². The van der Waals surface area contributed by atoms with Gasteiger partial charge in [-0.1, -0.05) is 23.9 Å². The van der Waals surface area contributed by atoms with Crippen LogP contribution in [0.4, 0.5) is 0 Å². The molecule has 1 aliphatic heterocycles. The summed E-state index contributed by atoms with van der Waals surface area (Å²) >= 11 is 1.39. The average Bonchev–Trinajstić information content (AvgIpc) is 3.13. The first-order valence-corrected chi connectivity index (χ1v) is 10.9. The smallest absolute Gasteiger partial charge is 0.192 e. The third kappa shape index (κ3) is 3.69. The molecule has 156 valence electrons. The van der Waals surface area contributed by atoms with E-state index in [-0.39, 0.29) is 11.9 Å². The highest BCUT2D eigenvalue weighted by atomic mass is 32.2. The van der Waals surface area contributed by atoms with E-state index in [9.17, 15) is 4.79 Å². The Hall–Kier alpha value is -2.80. The fourth-order valence-electron chi connectivity index (χ4n) is 3.59. The molecular formula is C23H25N3O3S. The molecule has 1 atom stereocenters. The van der Waals surface area contributed by atoms with E-state index in [1.165, 1.54) is 22.9 Å². The standard InChI is InChI=1S/C23H25N3O3S/c1-13-10-17(16(4)15(3)14(13)2)18(27)12-30-23-25-24-22(26(23)5)21-11-28-19-8-6-7-9-20(19)29-21/h6-10,21H,11-12H2,1-5H3. The van der Waals surface area contributed by atoms with Crippen molar-refractivity contribution in [1.82, 2.24) is 14.8 Å². The quantitative estimate of drug-likeness (QED) is 0.444. The minimum absolute atomic E-state index is 0.0967. The molecule has 0 bridgehead atoms. The number of para-hydroxylation sites is 2. The number of rotatable bonds is 5. The lowest BCUT2D eigenvalue weighted by Gasteiger charge is -2.25. The van der Waals surface area contributed by atoms with Gasteiger partial charge in [0.15, 0.2) is 34.4 Å². The third-order valence-corrected chi connectivity index (χ3v) is 6.80. The number of thioether (sulfide) groups is 1. The monoisotopic (exact) mass is 423 g/mol. The molecule has 1 unspecified atom stereocenters. The zero-order chi connectivity index (χ0) is 21.4. The Morgan fingerprint density at radius 2 is 1.83 bits per heavy atom. The lowest BCUT2D eigenvalue weighted by Crippen LogP contribution is -2.24. The van der Waals surface area contributed by atoms with Crippen LogP contribution in [0, 0.1) is 27.7 Å². The third-order valence-electron chi connectivity index (χ3n) is 5.78. The second-order valence-electron chi connectivity index (χ2n) is 7.59. The molecule has 30 heavy (non-hydrogen) atoms. The fraction of sp³-hybridized carbons (Fsp3) is 0.348. The molecule has 0 spiro atoms. The van der Waals surface area contributed by atoms with Crippen molar-refractivity contribution < 1.29 is 14.3 Å². The van der Waals surface area contributed by atoms with E-state index in [1.807, 2.05) is 55.8 Å². The van der Waals surface area contributed by atoms with Crippen molar-refractivity contribution >= 4 is 17.5 Å². The number of hydrogen-bond donors (Lipinski definition) is 0. The fourth-order valence-corrected chi connectivity index (χ4v) is 4.39. The Kier molecular flexibility index (Phi) is 5.56. The number of Topliss-reactive ketones (excluding diaryl/α,β-unsaturated/α-hetero) is 1. The Labute approximate surface area is 180 Å². The summed E-state index contributed by atoms with van der Waals surface area (Å²) < 4.78 is 13.7. The number of aryl methyl sites for hydroxylation is 1. The van der Waals surface area contributed by atoms with Gasteiger partial charge in [0, 0.05) is 12.6 Å². The van der Waals surface area contributed by atoms with E-state index in [0.29, 0.717) is 29.1 Å². The SMILES string of the molecule is Cc1cc(C(=O)CSc2nnc(C3COc4ccccc4O3)n2C)c(C)c(C)c1C. The highest BCUT2D eigenvalue weighted by molar-refractivity contribution is 7.99. The zero-order valence-corrected chi connectivity index (χ0v) is 18.7. The Morgan fingerprint density at radius 3 is 2.60 bits per heavy atom. The maximum atomic E-state index is 12.9. The Bertz CT molecular complexity index is 1120. The van der Waals surface area contributed by atoms with Crippen molar-refractivity contribution in [3.05, 3.63) is 64.0 Å². The van der Waals surface area contributed by atoms with Gasteiger partial charge in [-0.25, -0.2) is 0 Å². The predicted molar refractivity (Wildman–Crippen MR) is 117 cm³/mol. The van der Waals surface area contributed by atoms with Crippen molar-refractivity contribution in [2.75, 3.05) is 12.4 Å². The molecule has 1 aromatic heterocycles. The van der Waals surface area contributed by atoms with E-state index in [4.69, 9.17) is 9.47 Å². The first-order chi connectivity index (χ1) is 14.4. The second-order valence-corrected chi connectivity index (χ2v) is 8.53. The van der Waals surface area contributed by atoms with Gasteiger partial charge in [0.2, 0.25) is 0 Å². The van der Waals surface area contributed by atoms with Gasteiger partial charge in [0.25, 0.3) is 0 Å². The van der Waals surface area contributed by atoms with Gasteiger partial charge in [0.05, 0.1) is 5.75 Å². The van der Waals surface area contributed by atoms with Gasteiger partial charge < -0.3 is 14.0 Å². The van der Waals surface area contributed by atoms with E-state index in [0.717, 1.165) is 22.4 Å². The minimum atomic E-state index is -0.341. The van der Waals surface area contributed by atoms with E-state index < -0.39 is 0 Å². The van der Waals surface area contributed by atoms with Crippen LogP contribution in [0.3, 0.4) is 0 Å². The van der Waals surface area contributed by atoms with Crippen LogP contribution in [0.1, 0.15) is 44.5 Å². The maximum absolute atomic E-state index is 12.9. The molecule has 6 nitrogen and oxygen atoms in total. The van der Waals surface area contributed by atoms with E-state index in [1.54, 1.807) is 0 Å². The number of fused-ring (bicyclic) bond motifs is 1. The van der Waals surface area contributed by atoms with Crippen LogP contribution in [-0.2, 0) is 7.05 Å². The van der Waals surface area contributed by atoms with Gasteiger partial charge in [-0.3, -0.25) is 4.79 Å². The summed E-state index contributed by atoms with van der Waals surface area (Å²) in [5, 5.41) is 9.25. The van der Waals surface area contributed by atoms with Crippen molar-refractivity contribution in [3.63, 3.8) is 0 Å². The molecule has 0 amide bonds. The molecule has 2 heterocycles. The number of carbonyl (C=O) groups excluding carboxylic acids is 1. The van der Waals surface area contributed by atoms with Gasteiger partial charge >= 0.3 is 0 Å². The van der Waals surface area contributed by atoms with Crippen molar-refractivity contribution in [1.29, 1.82) is 0 Å². The van der Waals surface area contributed by atoms with Gasteiger partial charge in [-0.2, -0.15) is 0 Å². The summed E-state index contributed by atoms with van der Waals surface area (Å²) in [6, 6.07) is 9.57. The van der Waals surface area contributed by atoms with E-state index >= 15 is 0 Å². The Morgan fingerprint density at radius 1 is 1.10 bits per heavy atom. The summed E-state index contributed by atoms with van der Waals surface area (Å²) in [5.74, 6) is 2.51. The number of carbonyl (C=O) groups is 1. The van der Waals surface area contributed by atoms with Crippen LogP contribution >= 0.6 is 11.8 Å². The maximum Gasteiger partial charge on any atom is 0.192 e. The van der Waals surface area contributed by atoms with Crippen molar-refractivity contribution in [2.45, 2.75) is 39.0 Å². The molecule has 4 rings (SSSR count). The van der Waals surface area contributed by atoms with Crippen LogP contribution in [-0.4, -0.2) is 32.9 Å².